The van der Waals surface area contributed by atoms with Crippen LogP contribution >= 0.6 is 12.4 Å². The fraction of sp³-hybridized carbons (Fsp3) is 0.647. The number of hydrogen-bond acceptors (Lipinski definition) is 3. The number of benzene rings is 1. The van der Waals surface area contributed by atoms with Crippen LogP contribution in [-0.4, -0.2) is 43.7 Å². The van der Waals surface area contributed by atoms with Crippen LogP contribution in [0.5, 0.6) is 5.75 Å². The van der Waals surface area contributed by atoms with Crippen molar-refractivity contribution in [1.82, 2.24) is 10.2 Å². The quantitative estimate of drug-likeness (QED) is 0.925. The molecule has 3 nitrogen and oxygen atoms in total. The Morgan fingerprint density at radius 3 is 2.33 bits per heavy atom. The van der Waals surface area contributed by atoms with Gasteiger partial charge in [-0.2, -0.15) is 0 Å². The minimum Gasteiger partial charge on any atom is -0.490 e. The predicted molar refractivity (Wildman–Crippen MR) is 89.4 cm³/mol. The number of hydrogen-bond donors (Lipinski definition) is 1. The summed E-state index contributed by atoms with van der Waals surface area (Å²) < 4.78 is 6.06. The molecule has 21 heavy (non-hydrogen) atoms. The first-order valence-electron chi connectivity index (χ1n) is 8.05. The summed E-state index contributed by atoms with van der Waals surface area (Å²) in [4.78, 5) is 2.64. The van der Waals surface area contributed by atoms with E-state index in [4.69, 9.17) is 4.74 Å². The lowest BCUT2D eigenvalue weighted by molar-refractivity contribution is 0.0873. The van der Waals surface area contributed by atoms with Gasteiger partial charge in [0.15, 0.2) is 0 Å². The molecule has 2 aliphatic rings. The zero-order valence-corrected chi connectivity index (χ0v) is 13.5. The Balaban J connectivity index is 0.00000161. The highest BCUT2D eigenvalue weighted by molar-refractivity contribution is 5.85. The second-order valence-electron chi connectivity index (χ2n) is 6.12. The van der Waals surface area contributed by atoms with Crippen LogP contribution in [0.1, 0.15) is 25.7 Å². The number of para-hydroxylation sites is 1. The minimum absolute atomic E-state index is 0. The van der Waals surface area contributed by atoms with Crippen LogP contribution in [0.3, 0.4) is 0 Å². The normalized spacial score (nSPS) is 21.7. The van der Waals surface area contributed by atoms with Gasteiger partial charge in [-0.3, -0.25) is 0 Å². The highest BCUT2D eigenvalue weighted by Crippen LogP contribution is 2.21. The summed E-state index contributed by atoms with van der Waals surface area (Å²) in [6.07, 6.45) is 5.43. The lowest BCUT2D eigenvalue weighted by Gasteiger charge is -2.35. The Hall–Kier alpha value is -0.770. The van der Waals surface area contributed by atoms with Crippen molar-refractivity contribution in [2.24, 2.45) is 5.92 Å². The van der Waals surface area contributed by atoms with E-state index in [1.54, 1.807) is 0 Å². The van der Waals surface area contributed by atoms with E-state index in [0.717, 1.165) is 11.7 Å². The van der Waals surface area contributed by atoms with Gasteiger partial charge in [-0.25, -0.2) is 0 Å². The summed E-state index contributed by atoms with van der Waals surface area (Å²) in [5.74, 6) is 1.92. The molecule has 0 aliphatic carbocycles. The Labute approximate surface area is 134 Å². The summed E-state index contributed by atoms with van der Waals surface area (Å²) in [6, 6.07) is 10.2. The van der Waals surface area contributed by atoms with Crippen molar-refractivity contribution in [3.05, 3.63) is 30.3 Å². The van der Waals surface area contributed by atoms with E-state index >= 15 is 0 Å². The third kappa shape index (κ3) is 5.17. The van der Waals surface area contributed by atoms with Crippen molar-refractivity contribution >= 4 is 12.4 Å². The van der Waals surface area contributed by atoms with Crippen LogP contribution in [0.15, 0.2) is 30.3 Å². The first kappa shape index (κ1) is 16.6. The van der Waals surface area contributed by atoms with Gasteiger partial charge in [-0.15, -0.1) is 12.4 Å². The van der Waals surface area contributed by atoms with Gasteiger partial charge >= 0.3 is 0 Å². The number of halogens is 1. The van der Waals surface area contributed by atoms with Gasteiger partial charge in [0, 0.05) is 19.6 Å². The topological polar surface area (TPSA) is 24.5 Å². The van der Waals surface area contributed by atoms with E-state index in [9.17, 15) is 0 Å². The smallest absolute Gasteiger partial charge is 0.119 e. The van der Waals surface area contributed by atoms with Gasteiger partial charge in [-0.05, 0) is 56.8 Å². The van der Waals surface area contributed by atoms with Gasteiger partial charge in [0.25, 0.3) is 0 Å². The number of rotatable bonds is 4. The van der Waals surface area contributed by atoms with Crippen molar-refractivity contribution in [3.8, 4) is 5.75 Å². The van der Waals surface area contributed by atoms with E-state index in [-0.39, 0.29) is 12.4 Å². The Morgan fingerprint density at radius 2 is 1.67 bits per heavy atom. The van der Waals surface area contributed by atoms with E-state index in [2.05, 4.69) is 22.3 Å². The lowest BCUT2D eigenvalue weighted by atomic mass is 9.96. The molecule has 2 aliphatic heterocycles. The summed E-state index contributed by atoms with van der Waals surface area (Å²) in [5, 5.41) is 3.45. The first-order valence-corrected chi connectivity index (χ1v) is 8.05. The zero-order chi connectivity index (χ0) is 13.6. The maximum Gasteiger partial charge on any atom is 0.119 e. The van der Waals surface area contributed by atoms with Gasteiger partial charge in [-0.1, -0.05) is 18.2 Å². The van der Waals surface area contributed by atoms with Crippen LogP contribution in [0, 0.1) is 5.92 Å². The number of nitrogens with zero attached hydrogens (tertiary/aromatic N) is 1. The van der Waals surface area contributed by atoms with Crippen LogP contribution in [0.4, 0.5) is 0 Å². The Morgan fingerprint density at radius 1 is 1.00 bits per heavy atom. The second kappa shape index (κ2) is 8.62. The van der Waals surface area contributed by atoms with E-state index in [1.807, 2.05) is 18.2 Å². The second-order valence-corrected chi connectivity index (χ2v) is 6.12. The maximum atomic E-state index is 6.06. The average Bonchev–Trinajstić information content (AvgIpc) is 2.51. The molecule has 0 spiro atoms. The van der Waals surface area contributed by atoms with Crippen LogP contribution < -0.4 is 10.1 Å². The minimum atomic E-state index is 0. The van der Waals surface area contributed by atoms with Gasteiger partial charge in [0.2, 0.25) is 0 Å². The summed E-state index contributed by atoms with van der Waals surface area (Å²) in [6.45, 7) is 6.10. The maximum absolute atomic E-state index is 6.06. The zero-order valence-electron chi connectivity index (χ0n) is 12.7. The molecule has 118 valence electrons. The third-order valence-corrected chi connectivity index (χ3v) is 4.56. The molecule has 1 N–H and O–H groups in total. The number of nitrogens with one attached hydrogen (secondary N) is 1. The third-order valence-electron chi connectivity index (χ3n) is 4.56. The van der Waals surface area contributed by atoms with E-state index in [0.29, 0.717) is 6.10 Å². The van der Waals surface area contributed by atoms with Crippen molar-refractivity contribution < 1.29 is 4.74 Å². The summed E-state index contributed by atoms with van der Waals surface area (Å²) in [7, 11) is 0. The van der Waals surface area contributed by atoms with Crippen molar-refractivity contribution in [3.63, 3.8) is 0 Å². The number of ether oxygens (including phenoxy) is 1. The molecule has 0 atom stereocenters. The van der Waals surface area contributed by atoms with E-state index in [1.165, 1.54) is 58.4 Å². The molecule has 2 heterocycles. The Bertz CT molecular complexity index is 387. The molecule has 0 aromatic heterocycles. The summed E-state index contributed by atoms with van der Waals surface area (Å²) >= 11 is 0. The predicted octanol–water partition coefficient (Wildman–Crippen LogP) is 2.95. The van der Waals surface area contributed by atoms with Crippen LogP contribution in [-0.2, 0) is 0 Å². The molecule has 2 saturated heterocycles. The molecule has 0 unspecified atom stereocenters. The largest absolute Gasteiger partial charge is 0.490 e. The number of likely N-dealkylation sites (tertiary alicyclic amines) is 1. The fourth-order valence-corrected chi connectivity index (χ4v) is 3.33. The van der Waals surface area contributed by atoms with Gasteiger partial charge in [0.1, 0.15) is 11.9 Å². The molecule has 3 rings (SSSR count). The Kier molecular flexibility index (Phi) is 6.81. The average molecular weight is 311 g/mol. The highest BCUT2D eigenvalue weighted by atomic mass is 35.5. The standard InChI is InChI=1S/C17H26N2O.ClH/c1-2-4-16(5-3-1)20-17-8-12-19(13-9-17)14-15-6-10-18-11-7-15;/h1-5,15,17-18H,6-14H2;1H. The van der Waals surface area contributed by atoms with Gasteiger partial charge < -0.3 is 15.0 Å². The number of piperidine rings is 2. The molecular formula is C17H27ClN2O. The highest BCUT2D eigenvalue weighted by Gasteiger charge is 2.23. The molecular weight excluding hydrogens is 284 g/mol. The molecule has 0 amide bonds. The molecule has 1 aromatic rings. The fourth-order valence-electron chi connectivity index (χ4n) is 3.33. The van der Waals surface area contributed by atoms with Crippen LogP contribution in [0.25, 0.3) is 0 Å². The molecule has 1 aromatic carbocycles. The molecule has 4 heteroatoms. The first-order chi connectivity index (χ1) is 9.90. The van der Waals surface area contributed by atoms with Crippen molar-refractivity contribution in [2.45, 2.75) is 31.8 Å². The molecule has 0 radical (unpaired) electrons. The van der Waals surface area contributed by atoms with Crippen LogP contribution in [0.2, 0.25) is 0 Å². The monoisotopic (exact) mass is 310 g/mol. The van der Waals surface area contributed by atoms with Crippen molar-refractivity contribution in [2.75, 3.05) is 32.7 Å². The van der Waals surface area contributed by atoms with Gasteiger partial charge in [0.05, 0.1) is 0 Å². The molecule has 2 fully saturated rings. The van der Waals surface area contributed by atoms with E-state index < -0.39 is 0 Å². The molecule has 0 saturated carbocycles. The summed E-state index contributed by atoms with van der Waals surface area (Å²) in [5.41, 5.74) is 0. The van der Waals surface area contributed by atoms with Crippen molar-refractivity contribution in [1.29, 1.82) is 0 Å². The lowest BCUT2D eigenvalue weighted by Crippen LogP contribution is -2.42. The SMILES string of the molecule is Cl.c1ccc(OC2CCN(CC3CCNCC3)CC2)cc1. The molecule has 0 bridgehead atoms.